The highest BCUT2D eigenvalue weighted by molar-refractivity contribution is 6.35. The Morgan fingerprint density at radius 1 is 1.27 bits per heavy atom. The van der Waals surface area contributed by atoms with E-state index in [-0.39, 0.29) is 5.28 Å². The topological polar surface area (TPSA) is 35.0 Å². The van der Waals surface area contributed by atoms with E-state index in [9.17, 15) is 0 Å². The minimum Gasteiger partial charge on any atom is -0.380 e. The Balaban J connectivity index is 2.73. The molecule has 0 radical (unpaired) electrons. The van der Waals surface area contributed by atoms with Crippen LogP contribution in [0.2, 0.25) is 10.4 Å². The second kappa shape index (κ2) is 4.31. The molecule has 0 aliphatic rings. The highest BCUT2D eigenvalue weighted by Gasteiger charge is 2.07. The molecule has 0 N–H and O–H groups in total. The van der Waals surface area contributed by atoms with Crippen LogP contribution < -0.4 is 0 Å². The summed E-state index contributed by atoms with van der Waals surface area (Å²) in [5, 5.41) is 1.30. The van der Waals surface area contributed by atoms with Crippen molar-refractivity contribution in [2.24, 2.45) is 0 Å². The van der Waals surface area contributed by atoms with Gasteiger partial charge in [0.25, 0.3) is 0 Å². The summed E-state index contributed by atoms with van der Waals surface area (Å²) in [6, 6.07) is 5.67. The average molecular weight is 243 g/mol. The molecule has 15 heavy (non-hydrogen) atoms. The van der Waals surface area contributed by atoms with E-state index in [0.717, 1.165) is 16.5 Å². The van der Waals surface area contributed by atoms with Crippen LogP contribution in [0.3, 0.4) is 0 Å². The van der Waals surface area contributed by atoms with Crippen LogP contribution in [0.25, 0.3) is 10.9 Å². The van der Waals surface area contributed by atoms with Gasteiger partial charge >= 0.3 is 0 Å². The standard InChI is InChI=1S/C10H8Cl2N2O/c1-15-5-6-3-2-4-7-8(6)13-10(12)14-9(7)11/h2-4H,5H2,1H3. The first-order valence-electron chi connectivity index (χ1n) is 4.32. The van der Waals surface area contributed by atoms with E-state index >= 15 is 0 Å². The second-order valence-corrected chi connectivity index (χ2v) is 3.73. The summed E-state index contributed by atoms with van der Waals surface area (Å²) < 4.78 is 5.07. The Labute approximate surface area is 97.0 Å². The van der Waals surface area contributed by atoms with Crippen LogP contribution in [0.1, 0.15) is 5.56 Å². The molecular weight excluding hydrogens is 235 g/mol. The highest BCUT2D eigenvalue weighted by Crippen LogP contribution is 2.24. The normalized spacial score (nSPS) is 10.9. The zero-order chi connectivity index (χ0) is 10.8. The molecule has 2 rings (SSSR count). The number of para-hydroxylation sites is 1. The van der Waals surface area contributed by atoms with Gasteiger partial charge in [-0.3, -0.25) is 0 Å². The van der Waals surface area contributed by atoms with Gasteiger partial charge in [0.2, 0.25) is 5.28 Å². The van der Waals surface area contributed by atoms with Crippen molar-refractivity contribution in [3.63, 3.8) is 0 Å². The molecule has 0 saturated heterocycles. The predicted octanol–water partition coefficient (Wildman–Crippen LogP) is 3.08. The van der Waals surface area contributed by atoms with E-state index in [0.29, 0.717) is 11.8 Å². The molecule has 78 valence electrons. The van der Waals surface area contributed by atoms with Crippen molar-refractivity contribution in [1.82, 2.24) is 9.97 Å². The van der Waals surface area contributed by atoms with Gasteiger partial charge in [-0.15, -0.1) is 0 Å². The number of fused-ring (bicyclic) bond motifs is 1. The Hall–Kier alpha value is -0.900. The average Bonchev–Trinajstić information content (AvgIpc) is 2.19. The van der Waals surface area contributed by atoms with Crippen molar-refractivity contribution >= 4 is 34.1 Å². The molecular formula is C10H8Cl2N2O. The Morgan fingerprint density at radius 3 is 2.80 bits per heavy atom. The maximum atomic E-state index is 5.96. The lowest BCUT2D eigenvalue weighted by molar-refractivity contribution is 0.186. The minimum absolute atomic E-state index is 0.149. The van der Waals surface area contributed by atoms with E-state index in [2.05, 4.69) is 9.97 Å². The van der Waals surface area contributed by atoms with Gasteiger partial charge in [-0.05, 0) is 17.7 Å². The number of halogens is 2. The van der Waals surface area contributed by atoms with Crippen molar-refractivity contribution in [2.45, 2.75) is 6.61 Å². The summed E-state index contributed by atoms with van der Waals surface area (Å²) in [5.74, 6) is 0. The summed E-state index contributed by atoms with van der Waals surface area (Å²) in [4.78, 5) is 8.03. The number of nitrogens with zero attached hydrogens (tertiary/aromatic N) is 2. The molecule has 3 nitrogen and oxygen atoms in total. The SMILES string of the molecule is COCc1cccc2c(Cl)nc(Cl)nc12. The number of rotatable bonds is 2. The van der Waals surface area contributed by atoms with Crippen LogP contribution in [0.4, 0.5) is 0 Å². The molecule has 1 heterocycles. The van der Waals surface area contributed by atoms with E-state index in [1.165, 1.54) is 0 Å². The largest absolute Gasteiger partial charge is 0.380 e. The molecule has 1 aromatic heterocycles. The molecule has 0 atom stereocenters. The summed E-state index contributed by atoms with van der Waals surface area (Å²) >= 11 is 11.7. The lowest BCUT2D eigenvalue weighted by atomic mass is 10.1. The maximum Gasteiger partial charge on any atom is 0.224 e. The molecule has 0 aliphatic carbocycles. The molecule has 0 amide bonds. The van der Waals surface area contributed by atoms with Crippen LogP contribution in [-0.2, 0) is 11.3 Å². The Morgan fingerprint density at radius 2 is 2.07 bits per heavy atom. The Kier molecular flexibility index (Phi) is 3.05. The summed E-state index contributed by atoms with van der Waals surface area (Å²) in [5.41, 5.74) is 1.69. The van der Waals surface area contributed by atoms with Crippen molar-refractivity contribution in [1.29, 1.82) is 0 Å². The number of benzene rings is 1. The molecule has 0 saturated carbocycles. The number of aromatic nitrogens is 2. The van der Waals surface area contributed by atoms with Crippen molar-refractivity contribution in [3.05, 3.63) is 34.2 Å². The van der Waals surface area contributed by atoms with Gasteiger partial charge < -0.3 is 4.74 Å². The van der Waals surface area contributed by atoms with Gasteiger partial charge in [0, 0.05) is 18.1 Å². The van der Waals surface area contributed by atoms with Crippen LogP contribution in [-0.4, -0.2) is 17.1 Å². The zero-order valence-corrected chi connectivity index (χ0v) is 9.51. The lowest BCUT2D eigenvalue weighted by Crippen LogP contribution is -1.94. The van der Waals surface area contributed by atoms with Crippen LogP contribution in [0.5, 0.6) is 0 Å². The zero-order valence-electron chi connectivity index (χ0n) is 8.00. The van der Waals surface area contributed by atoms with E-state index in [1.54, 1.807) is 7.11 Å². The van der Waals surface area contributed by atoms with Gasteiger partial charge in [-0.1, -0.05) is 23.7 Å². The first kappa shape index (κ1) is 10.6. The number of ether oxygens (including phenoxy) is 1. The fourth-order valence-corrected chi connectivity index (χ4v) is 1.87. The van der Waals surface area contributed by atoms with Crippen LogP contribution in [0, 0.1) is 0 Å². The number of hydrogen-bond acceptors (Lipinski definition) is 3. The van der Waals surface area contributed by atoms with E-state index in [1.807, 2.05) is 18.2 Å². The number of hydrogen-bond donors (Lipinski definition) is 0. The molecule has 0 unspecified atom stereocenters. The van der Waals surface area contributed by atoms with Crippen molar-refractivity contribution in [3.8, 4) is 0 Å². The molecule has 0 spiro atoms. The minimum atomic E-state index is 0.149. The van der Waals surface area contributed by atoms with Gasteiger partial charge in [-0.2, -0.15) is 0 Å². The third-order valence-electron chi connectivity index (χ3n) is 2.04. The number of methoxy groups -OCH3 is 1. The van der Waals surface area contributed by atoms with Gasteiger partial charge in [-0.25, -0.2) is 9.97 Å². The van der Waals surface area contributed by atoms with E-state index in [4.69, 9.17) is 27.9 Å². The van der Waals surface area contributed by atoms with Gasteiger partial charge in [0.1, 0.15) is 5.15 Å². The molecule has 2 aromatic rings. The first-order chi connectivity index (χ1) is 7.22. The van der Waals surface area contributed by atoms with Crippen molar-refractivity contribution < 1.29 is 4.74 Å². The fourth-order valence-electron chi connectivity index (χ4n) is 1.42. The summed E-state index contributed by atoms with van der Waals surface area (Å²) in [6.45, 7) is 0.473. The first-order valence-corrected chi connectivity index (χ1v) is 5.07. The molecule has 0 aliphatic heterocycles. The molecule has 5 heteroatoms. The highest BCUT2D eigenvalue weighted by atomic mass is 35.5. The van der Waals surface area contributed by atoms with Crippen molar-refractivity contribution in [2.75, 3.05) is 7.11 Å². The Bertz CT molecular complexity index is 502. The smallest absolute Gasteiger partial charge is 0.224 e. The third kappa shape index (κ3) is 2.04. The van der Waals surface area contributed by atoms with Gasteiger partial charge in [0.05, 0.1) is 12.1 Å². The third-order valence-corrected chi connectivity index (χ3v) is 2.49. The second-order valence-electron chi connectivity index (χ2n) is 3.03. The van der Waals surface area contributed by atoms with E-state index < -0.39 is 0 Å². The molecule has 0 bridgehead atoms. The quantitative estimate of drug-likeness (QED) is 0.600. The molecule has 0 fully saturated rings. The molecule has 1 aromatic carbocycles. The fraction of sp³-hybridized carbons (Fsp3) is 0.200. The van der Waals surface area contributed by atoms with Crippen LogP contribution in [0.15, 0.2) is 18.2 Å². The van der Waals surface area contributed by atoms with Gasteiger partial charge in [0.15, 0.2) is 0 Å². The maximum absolute atomic E-state index is 5.96. The van der Waals surface area contributed by atoms with Crippen LogP contribution >= 0.6 is 23.2 Å². The lowest BCUT2D eigenvalue weighted by Gasteiger charge is -2.05. The summed E-state index contributed by atoms with van der Waals surface area (Å²) in [7, 11) is 1.63. The predicted molar refractivity (Wildman–Crippen MR) is 60.3 cm³/mol. The summed E-state index contributed by atoms with van der Waals surface area (Å²) in [6.07, 6.45) is 0. The monoisotopic (exact) mass is 242 g/mol.